The number of aliphatic carboxylic acids is 2. The second kappa shape index (κ2) is 13.8. The standard InChI is InChI=1S/C17H30N4O8S/c1-8(2)5-10(17(28)29)19-15(26)11(6-22)20-16(27)12(7-30)21-14(25)9(18)3-4-13(23)24/h8-12,22,30H,3-7,18H2,1-2H3,(H,19,26)(H,20,27)(H,21,25)(H,23,24)(H,28,29). The minimum absolute atomic E-state index is 0.0253. The molecule has 0 heterocycles. The van der Waals surface area contributed by atoms with Crippen molar-refractivity contribution in [2.45, 2.75) is 57.3 Å². The van der Waals surface area contributed by atoms with Gasteiger partial charge in [0, 0.05) is 12.2 Å². The second-order valence-corrected chi connectivity index (χ2v) is 7.42. The molecule has 0 aromatic rings. The molecule has 172 valence electrons. The molecule has 30 heavy (non-hydrogen) atoms. The van der Waals surface area contributed by atoms with E-state index in [0.717, 1.165) is 0 Å². The van der Waals surface area contributed by atoms with Crippen molar-refractivity contribution in [2.24, 2.45) is 11.7 Å². The molecule has 0 saturated carbocycles. The molecule has 0 aliphatic rings. The van der Waals surface area contributed by atoms with Crippen LogP contribution in [0.15, 0.2) is 0 Å². The molecule has 0 bridgehead atoms. The monoisotopic (exact) mass is 450 g/mol. The lowest BCUT2D eigenvalue weighted by Gasteiger charge is -2.24. The van der Waals surface area contributed by atoms with Crippen LogP contribution in [0.1, 0.15) is 33.1 Å². The van der Waals surface area contributed by atoms with Crippen molar-refractivity contribution in [2.75, 3.05) is 12.4 Å². The van der Waals surface area contributed by atoms with Crippen LogP contribution in [0.4, 0.5) is 0 Å². The van der Waals surface area contributed by atoms with Gasteiger partial charge in [0.05, 0.1) is 12.6 Å². The first kappa shape index (κ1) is 27.6. The highest BCUT2D eigenvalue weighted by atomic mass is 32.1. The first-order chi connectivity index (χ1) is 13.9. The van der Waals surface area contributed by atoms with E-state index < -0.39 is 60.4 Å². The van der Waals surface area contributed by atoms with Crippen molar-refractivity contribution < 1.29 is 39.3 Å². The van der Waals surface area contributed by atoms with Crippen molar-refractivity contribution >= 4 is 42.3 Å². The SMILES string of the molecule is CC(C)CC(NC(=O)C(CO)NC(=O)C(CS)NC(=O)C(N)CCC(=O)O)C(=O)O. The zero-order chi connectivity index (χ0) is 23.4. The van der Waals surface area contributed by atoms with Gasteiger partial charge in [0.2, 0.25) is 17.7 Å². The van der Waals surface area contributed by atoms with Crippen LogP contribution in [-0.4, -0.2) is 81.5 Å². The zero-order valence-corrected chi connectivity index (χ0v) is 17.7. The average molecular weight is 451 g/mol. The fourth-order valence-corrected chi connectivity index (χ4v) is 2.57. The predicted molar refractivity (Wildman–Crippen MR) is 109 cm³/mol. The van der Waals surface area contributed by atoms with Crippen LogP contribution in [0.25, 0.3) is 0 Å². The smallest absolute Gasteiger partial charge is 0.326 e. The number of nitrogens with two attached hydrogens (primary N) is 1. The van der Waals surface area contributed by atoms with E-state index in [0.29, 0.717) is 0 Å². The van der Waals surface area contributed by atoms with E-state index >= 15 is 0 Å². The third kappa shape index (κ3) is 10.4. The third-order valence-corrected chi connectivity index (χ3v) is 4.32. The van der Waals surface area contributed by atoms with Gasteiger partial charge in [-0.15, -0.1) is 0 Å². The van der Waals surface area contributed by atoms with Gasteiger partial charge in [-0.05, 0) is 18.8 Å². The molecule has 0 aliphatic heterocycles. The number of carboxylic acid groups (broad SMARTS) is 2. The highest BCUT2D eigenvalue weighted by Gasteiger charge is 2.29. The van der Waals surface area contributed by atoms with Gasteiger partial charge in [0.15, 0.2) is 0 Å². The Labute approximate surface area is 179 Å². The van der Waals surface area contributed by atoms with Crippen LogP contribution in [0.3, 0.4) is 0 Å². The maximum atomic E-state index is 12.4. The summed E-state index contributed by atoms with van der Waals surface area (Å²) in [6, 6.07) is -5.03. The van der Waals surface area contributed by atoms with E-state index in [2.05, 4.69) is 28.6 Å². The molecule has 0 radical (unpaired) electrons. The summed E-state index contributed by atoms with van der Waals surface area (Å²) < 4.78 is 0. The lowest BCUT2D eigenvalue weighted by atomic mass is 10.0. The number of carboxylic acids is 2. The van der Waals surface area contributed by atoms with Gasteiger partial charge in [0.1, 0.15) is 18.1 Å². The van der Waals surface area contributed by atoms with E-state index in [4.69, 9.17) is 10.8 Å². The first-order valence-corrected chi connectivity index (χ1v) is 9.89. The average Bonchev–Trinajstić information content (AvgIpc) is 2.66. The Bertz CT molecular complexity index is 631. The number of nitrogens with one attached hydrogen (secondary N) is 3. The van der Waals surface area contributed by atoms with Crippen molar-refractivity contribution in [3.8, 4) is 0 Å². The molecule has 0 aliphatic carbocycles. The number of thiol groups is 1. The summed E-state index contributed by atoms with van der Waals surface area (Å²) in [5.41, 5.74) is 5.58. The van der Waals surface area contributed by atoms with Crippen molar-refractivity contribution in [1.29, 1.82) is 0 Å². The largest absolute Gasteiger partial charge is 0.481 e. The molecule has 8 N–H and O–H groups in total. The van der Waals surface area contributed by atoms with Crippen molar-refractivity contribution in [3.05, 3.63) is 0 Å². The highest BCUT2D eigenvalue weighted by molar-refractivity contribution is 7.80. The Morgan fingerprint density at radius 2 is 1.40 bits per heavy atom. The molecular weight excluding hydrogens is 420 g/mol. The van der Waals surface area contributed by atoms with Crippen LogP contribution < -0.4 is 21.7 Å². The van der Waals surface area contributed by atoms with Gasteiger partial charge < -0.3 is 37.0 Å². The number of carbonyl (C=O) groups is 5. The van der Waals surface area contributed by atoms with Crippen LogP contribution in [-0.2, 0) is 24.0 Å². The Morgan fingerprint density at radius 3 is 1.83 bits per heavy atom. The Kier molecular flexibility index (Phi) is 12.7. The number of hydrogen-bond acceptors (Lipinski definition) is 8. The summed E-state index contributed by atoms with van der Waals surface area (Å²) >= 11 is 3.96. The van der Waals surface area contributed by atoms with Gasteiger partial charge in [-0.3, -0.25) is 19.2 Å². The Hall–Kier alpha value is -2.38. The maximum Gasteiger partial charge on any atom is 0.326 e. The molecule has 0 saturated heterocycles. The fourth-order valence-electron chi connectivity index (χ4n) is 2.31. The number of aliphatic hydroxyl groups excluding tert-OH is 1. The van der Waals surface area contributed by atoms with E-state index in [-0.39, 0.29) is 30.9 Å². The number of rotatable bonds is 14. The third-order valence-electron chi connectivity index (χ3n) is 3.96. The Morgan fingerprint density at radius 1 is 0.900 bits per heavy atom. The normalized spacial score (nSPS) is 14.9. The molecule has 12 nitrogen and oxygen atoms in total. The lowest BCUT2D eigenvalue weighted by Crippen LogP contribution is -2.58. The number of amides is 3. The van der Waals surface area contributed by atoms with Crippen LogP contribution in [0.5, 0.6) is 0 Å². The minimum atomic E-state index is -1.45. The molecular formula is C17H30N4O8S. The molecule has 0 aromatic carbocycles. The predicted octanol–water partition coefficient (Wildman–Crippen LogP) is -2.31. The molecule has 0 aromatic heterocycles. The van der Waals surface area contributed by atoms with Crippen LogP contribution in [0.2, 0.25) is 0 Å². The summed E-state index contributed by atoms with van der Waals surface area (Å²) in [6.07, 6.45) is -0.326. The molecule has 3 amide bonds. The van der Waals surface area contributed by atoms with Crippen LogP contribution >= 0.6 is 12.6 Å². The summed E-state index contributed by atoms with van der Waals surface area (Å²) in [4.78, 5) is 58.4. The molecule has 0 spiro atoms. The van der Waals surface area contributed by atoms with E-state index in [1.807, 2.05) is 0 Å². The van der Waals surface area contributed by atoms with Gasteiger partial charge in [-0.2, -0.15) is 12.6 Å². The van der Waals surface area contributed by atoms with Gasteiger partial charge in [0.25, 0.3) is 0 Å². The van der Waals surface area contributed by atoms with Gasteiger partial charge in [-0.25, -0.2) is 4.79 Å². The van der Waals surface area contributed by atoms with Crippen LogP contribution in [0, 0.1) is 5.92 Å². The van der Waals surface area contributed by atoms with E-state index in [1.165, 1.54) is 0 Å². The zero-order valence-electron chi connectivity index (χ0n) is 16.8. The minimum Gasteiger partial charge on any atom is -0.481 e. The van der Waals surface area contributed by atoms with E-state index in [1.54, 1.807) is 13.8 Å². The second-order valence-electron chi connectivity index (χ2n) is 7.06. The number of carbonyl (C=O) groups excluding carboxylic acids is 3. The molecule has 13 heteroatoms. The Balaban J connectivity index is 4.96. The molecule has 4 unspecified atom stereocenters. The van der Waals surface area contributed by atoms with Gasteiger partial charge in [-0.1, -0.05) is 13.8 Å². The van der Waals surface area contributed by atoms with Crippen molar-refractivity contribution in [3.63, 3.8) is 0 Å². The fraction of sp³-hybridized carbons (Fsp3) is 0.706. The summed E-state index contributed by atoms with van der Waals surface area (Å²) in [5.74, 6) is -5.11. The first-order valence-electron chi connectivity index (χ1n) is 9.25. The molecule has 4 atom stereocenters. The highest BCUT2D eigenvalue weighted by Crippen LogP contribution is 2.05. The molecule has 0 fully saturated rings. The number of aliphatic hydroxyl groups is 1. The maximum absolute atomic E-state index is 12.4. The van der Waals surface area contributed by atoms with Gasteiger partial charge >= 0.3 is 11.9 Å². The summed E-state index contributed by atoms with van der Waals surface area (Å²) in [6.45, 7) is 2.74. The molecule has 0 rings (SSSR count). The summed E-state index contributed by atoms with van der Waals surface area (Å²) in [5, 5.41) is 34.0. The van der Waals surface area contributed by atoms with Crippen molar-refractivity contribution in [1.82, 2.24) is 16.0 Å². The lowest BCUT2D eigenvalue weighted by molar-refractivity contribution is -0.143. The summed E-state index contributed by atoms with van der Waals surface area (Å²) in [7, 11) is 0. The number of hydrogen-bond donors (Lipinski definition) is 8. The topological polar surface area (TPSA) is 208 Å². The van der Waals surface area contributed by atoms with E-state index in [9.17, 15) is 34.2 Å². The quantitative estimate of drug-likeness (QED) is 0.133.